The highest BCUT2D eigenvalue weighted by molar-refractivity contribution is 7.99. The lowest BCUT2D eigenvalue weighted by Gasteiger charge is -2.21. The molecule has 0 amide bonds. The second-order valence-electron chi connectivity index (χ2n) is 3.88. The first-order chi connectivity index (χ1) is 7.90. The SMILES string of the molecule is CCSc1ccc(N2CCCNCC2)cn1. The van der Waals surface area contributed by atoms with Crippen molar-refractivity contribution in [1.82, 2.24) is 10.3 Å². The van der Waals surface area contributed by atoms with Gasteiger partial charge in [-0.25, -0.2) is 4.98 Å². The quantitative estimate of drug-likeness (QED) is 0.814. The number of nitrogens with zero attached hydrogens (tertiary/aromatic N) is 2. The van der Waals surface area contributed by atoms with Crippen molar-refractivity contribution in [2.24, 2.45) is 0 Å². The van der Waals surface area contributed by atoms with E-state index in [0.717, 1.165) is 37.0 Å². The van der Waals surface area contributed by atoms with Crippen molar-refractivity contribution in [1.29, 1.82) is 0 Å². The van der Waals surface area contributed by atoms with E-state index < -0.39 is 0 Å². The van der Waals surface area contributed by atoms with Gasteiger partial charge in [0.25, 0.3) is 0 Å². The van der Waals surface area contributed by atoms with Gasteiger partial charge in [0.2, 0.25) is 0 Å². The third-order valence-corrected chi connectivity index (χ3v) is 3.54. The Kier molecular flexibility index (Phi) is 4.48. The zero-order chi connectivity index (χ0) is 11.2. The van der Waals surface area contributed by atoms with E-state index in [0.29, 0.717) is 0 Å². The van der Waals surface area contributed by atoms with Gasteiger partial charge in [-0.3, -0.25) is 0 Å². The van der Waals surface area contributed by atoms with Crippen LogP contribution in [-0.4, -0.2) is 36.9 Å². The minimum absolute atomic E-state index is 1.07. The van der Waals surface area contributed by atoms with Crippen LogP contribution < -0.4 is 10.2 Å². The topological polar surface area (TPSA) is 28.2 Å². The molecule has 16 heavy (non-hydrogen) atoms. The van der Waals surface area contributed by atoms with Crippen LogP contribution in [0.15, 0.2) is 23.4 Å². The molecule has 2 heterocycles. The van der Waals surface area contributed by atoms with Crippen LogP contribution in [0.25, 0.3) is 0 Å². The van der Waals surface area contributed by atoms with Crippen LogP contribution in [-0.2, 0) is 0 Å². The van der Waals surface area contributed by atoms with Gasteiger partial charge in [-0.05, 0) is 30.9 Å². The highest BCUT2D eigenvalue weighted by atomic mass is 32.2. The molecule has 1 fully saturated rings. The van der Waals surface area contributed by atoms with E-state index in [1.807, 2.05) is 6.20 Å². The number of anilines is 1. The van der Waals surface area contributed by atoms with Crippen molar-refractivity contribution < 1.29 is 0 Å². The molecule has 1 aliphatic rings. The number of thioether (sulfide) groups is 1. The van der Waals surface area contributed by atoms with E-state index in [1.54, 1.807) is 11.8 Å². The van der Waals surface area contributed by atoms with Gasteiger partial charge in [0.15, 0.2) is 0 Å². The van der Waals surface area contributed by atoms with E-state index in [1.165, 1.54) is 12.1 Å². The Morgan fingerprint density at radius 3 is 3.06 bits per heavy atom. The normalized spacial score (nSPS) is 17.2. The summed E-state index contributed by atoms with van der Waals surface area (Å²) in [5, 5.41) is 4.54. The zero-order valence-corrected chi connectivity index (χ0v) is 10.6. The van der Waals surface area contributed by atoms with Gasteiger partial charge in [-0.1, -0.05) is 6.92 Å². The molecular weight excluding hydrogens is 218 g/mol. The molecule has 0 spiro atoms. The third-order valence-electron chi connectivity index (χ3n) is 2.72. The van der Waals surface area contributed by atoms with Crippen molar-refractivity contribution in [3.63, 3.8) is 0 Å². The molecule has 0 bridgehead atoms. The summed E-state index contributed by atoms with van der Waals surface area (Å²) in [6.07, 6.45) is 3.22. The third kappa shape index (κ3) is 3.12. The summed E-state index contributed by atoms with van der Waals surface area (Å²) in [5.41, 5.74) is 1.25. The summed E-state index contributed by atoms with van der Waals surface area (Å²) in [5.74, 6) is 1.08. The number of hydrogen-bond donors (Lipinski definition) is 1. The maximum absolute atomic E-state index is 4.48. The van der Waals surface area contributed by atoms with Gasteiger partial charge in [0.05, 0.1) is 16.9 Å². The predicted molar refractivity (Wildman–Crippen MR) is 70.3 cm³/mol. The lowest BCUT2D eigenvalue weighted by atomic mass is 10.3. The molecule has 1 N–H and O–H groups in total. The molecule has 1 saturated heterocycles. The van der Waals surface area contributed by atoms with Crippen LogP contribution in [0, 0.1) is 0 Å². The van der Waals surface area contributed by atoms with Crippen LogP contribution in [0.2, 0.25) is 0 Å². The largest absolute Gasteiger partial charge is 0.369 e. The molecule has 0 unspecified atom stereocenters. The molecule has 1 aliphatic heterocycles. The number of aromatic nitrogens is 1. The van der Waals surface area contributed by atoms with Crippen LogP contribution >= 0.6 is 11.8 Å². The fourth-order valence-electron chi connectivity index (χ4n) is 1.90. The monoisotopic (exact) mass is 237 g/mol. The average Bonchev–Trinajstić information content (AvgIpc) is 2.59. The lowest BCUT2D eigenvalue weighted by molar-refractivity contribution is 0.724. The van der Waals surface area contributed by atoms with E-state index in [2.05, 4.69) is 34.3 Å². The smallest absolute Gasteiger partial charge is 0.0961 e. The summed E-state index contributed by atoms with van der Waals surface area (Å²) < 4.78 is 0. The van der Waals surface area contributed by atoms with Gasteiger partial charge >= 0.3 is 0 Å². The van der Waals surface area contributed by atoms with Crippen molar-refractivity contribution >= 4 is 17.4 Å². The Hall–Kier alpha value is -0.740. The summed E-state index contributed by atoms with van der Waals surface area (Å²) in [4.78, 5) is 6.89. The second-order valence-corrected chi connectivity index (χ2v) is 5.16. The fraction of sp³-hybridized carbons (Fsp3) is 0.583. The van der Waals surface area contributed by atoms with E-state index in [-0.39, 0.29) is 0 Å². The standard InChI is InChI=1S/C12H19N3S/c1-2-16-12-5-4-11(10-14-12)15-8-3-6-13-7-9-15/h4-5,10,13H,2-3,6-9H2,1H3. The Labute approximate surface area is 102 Å². The van der Waals surface area contributed by atoms with Crippen LogP contribution in [0.4, 0.5) is 5.69 Å². The lowest BCUT2D eigenvalue weighted by Crippen LogP contribution is -2.27. The maximum Gasteiger partial charge on any atom is 0.0961 e. The van der Waals surface area contributed by atoms with E-state index >= 15 is 0 Å². The summed E-state index contributed by atoms with van der Waals surface area (Å²) >= 11 is 1.79. The summed E-state index contributed by atoms with van der Waals surface area (Å²) in [7, 11) is 0. The Balaban J connectivity index is 2.01. The van der Waals surface area contributed by atoms with Crippen LogP contribution in [0.5, 0.6) is 0 Å². The molecular formula is C12H19N3S. The fourth-order valence-corrected chi connectivity index (χ4v) is 2.48. The van der Waals surface area contributed by atoms with Gasteiger partial charge in [-0.15, -0.1) is 11.8 Å². The molecule has 0 aliphatic carbocycles. The maximum atomic E-state index is 4.48. The number of hydrogen-bond acceptors (Lipinski definition) is 4. The molecule has 4 heteroatoms. The molecule has 0 aromatic carbocycles. The molecule has 3 nitrogen and oxygen atoms in total. The summed E-state index contributed by atoms with van der Waals surface area (Å²) in [6, 6.07) is 4.32. The Morgan fingerprint density at radius 1 is 1.38 bits per heavy atom. The molecule has 88 valence electrons. The number of rotatable bonds is 3. The molecule has 0 saturated carbocycles. The van der Waals surface area contributed by atoms with Gasteiger partial charge in [-0.2, -0.15) is 0 Å². The van der Waals surface area contributed by atoms with E-state index in [9.17, 15) is 0 Å². The first-order valence-electron chi connectivity index (χ1n) is 5.94. The minimum Gasteiger partial charge on any atom is -0.369 e. The zero-order valence-electron chi connectivity index (χ0n) is 9.78. The number of nitrogens with one attached hydrogen (secondary N) is 1. The van der Waals surface area contributed by atoms with E-state index in [4.69, 9.17) is 0 Å². The van der Waals surface area contributed by atoms with Gasteiger partial charge in [0, 0.05) is 19.6 Å². The Morgan fingerprint density at radius 2 is 2.31 bits per heavy atom. The predicted octanol–water partition coefficient (Wildman–Crippen LogP) is 1.99. The highest BCUT2D eigenvalue weighted by Crippen LogP contribution is 2.19. The Bertz CT molecular complexity index is 305. The minimum atomic E-state index is 1.07. The van der Waals surface area contributed by atoms with Gasteiger partial charge < -0.3 is 10.2 Å². The second kappa shape index (κ2) is 6.11. The van der Waals surface area contributed by atoms with Crippen molar-refractivity contribution in [3.8, 4) is 0 Å². The average molecular weight is 237 g/mol. The highest BCUT2D eigenvalue weighted by Gasteiger charge is 2.09. The molecule has 2 rings (SSSR count). The molecule has 1 aromatic heterocycles. The van der Waals surface area contributed by atoms with Crippen molar-refractivity contribution in [2.75, 3.05) is 36.8 Å². The van der Waals surface area contributed by atoms with Crippen LogP contribution in [0.3, 0.4) is 0 Å². The molecule has 0 atom stereocenters. The molecule has 1 aromatic rings. The van der Waals surface area contributed by atoms with Gasteiger partial charge in [0.1, 0.15) is 0 Å². The van der Waals surface area contributed by atoms with Crippen molar-refractivity contribution in [2.45, 2.75) is 18.4 Å². The number of pyridine rings is 1. The van der Waals surface area contributed by atoms with Crippen LogP contribution in [0.1, 0.15) is 13.3 Å². The first kappa shape index (κ1) is 11.7. The summed E-state index contributed by atoms with van der Waals surface area (Å²) in [6.45, 7) is 6.58. The molecule has 0 radical (unpaired) electrons. The van der Waals surface area contributed by atoms with Crippen molar-refractivity contribution in [3.05, 3.63) is 18.3 Å². The first-order valence-corrected chi connectivity index (χ1v) is 6.93.